The van der Waals surface area contributed by atoms with Crippen LogP contribution in [0, 0.1) is 6.92 Å². The molecule has 0 spiro atoms. The maximum absolute atomic E-state index is 12.3. The van der Waals surface area contributed by atoms with Crippen LogP contribution < -0.4 is 10.1 Å². The first-order valence-electron chi connectivity index (χ1n) is 7.02. The van der Waals surface area contributed by atoms with Crippen LogP contribution in [-0.4, -0.2) is 23.2 Å². The predicted octanol–water partition coefficient (Wildman–Crippen LogP) is 3.77. The normalized spacial score (nSPS) is 10.3. The number of anilines is 1. The molecule has 3 rings (SSSR count). The Bertz CT molecular complexity index is 828. The molecule has 1 heterocycles. The summed E-state index contributed by atoms with van der Waals surface area (Å²) in [5.74, 6) is 0.604. The number of benzene rings is 2. The van der Waals surface area contributed by atoms with Crippen molar-refractivity contribution in [1.29, 1.82) is 0 Å². The second-order valence-electron chi connectivity index (χ2n) is 4.91. The van der Waals surface area contributed by atoms with Crippen LogP contribution in [0.4, 0.5) is 5.13 Å². The third-order valence-corrected chi connectivity index (χ3v) is 4.26. The number of carbonyl (C=O) groups excluding carboxylic acids is 1. The third-order valence-electron chi connectivity index (χ3n) is 3.37. The average molecular weight is 325 g/mol. The molecule has 6 heteroatoms. The minimum absolute atomic E-state index is 0.180. The summed E-state index contributed by atoms with van der Waals surface area (Å²) >= 11 is 1.33. The van der Waals surface area contributed by atoms with Gasteiger partial charge in [-0.3, -0.25) is 10.1 Å². The second-order valence-corrected chi connectivity index (χ2v) is 5.89. The van der Waals surface area contributed by atoms with Crippen LogP contribution in [0.2, 0.25) is 0 Å². The Labute approximate surface area is 138 Å². The zero-order valence-corrected chi connectivity index (χ0v) is 13.6. The first kappa shape index (κ1) is 15.2. The first-order chi connectivity index (χ1) is 11.2. The number of hydrogen-bond donors (Lipinski definition) is 1. The molecule has 0 saturated heterocycles. The van der Waals surface area contributed by atoms with E-state index < -0.39 is 0 Å². The Morgan fingerprint density at radius 2 is 1.83 bits per heavy atom. The molecular weight excluding hydrogens is 310 g/mol. The van der Waals surface area contributed by atoms with E-state index in [1.807, 2.05) is 49.4 Å². The van der Waals surface area contributed by atoms with Crippen molar-refractivity contribution >= 4 is 22.4 Å². The zero-order chi connectivity index (χ0) is 16.2. The van der Waals surface area contributed by atoms with Gasteiger partial charge in [0.05, 0.1) is 7.11 Å². The van der Waals surface area contributed by atoms with Crippen LogP contribution in [0.15, 0.2) is 48.5 Å². The average Bonchev–Trinajstić information content (AvgIpc) is 3.03. The molecule has 2 aromatic carbocycles. The van der Waals surface area contributed by atoms with E-state index in [0.717, 1.165) is 21.9 Å². The van der Waals surface area contributed by atoms with Crippen molar-refractivity contribution in [3.63, 3.8) is 0 Å². The first-order valence-corrected chi connectivity index (χ1v) is 7.84. The molecule has 23 heavy (non-hydrogen) atoms. The summed E-state index contributed by atoms with van der Waals surface area (Å²) in [6, 6.07) is 15.0. The van der Waals surface area contributed by atoms with Crippen molar-refractivity contribution in [1.82, 2.24) is 10.2 Å². The zero-order valence-electron chi connectivity index (χ0n) is 12.7. The molecule has 5 nitrogen and oxygen atoms in total. The Morgan fingerprint density at radius 3 is 2.52 bits per heavy atom. The maximum Gasteiger partial charge on any atom is 0.257 e. The van der Waals surface area contributed by atoms with Gasteiger partial charge in [0, 0.05) is 11.1 Å². The molecule has 0 bridgehead atoms. The van der Waals surface area contributed by atoms with Gasteiger partial charge in [-0.05, 0) is 42.8 Å². The lowest BCUT2D eigenvalue weighted by Gasteiger charge is -2.03. The number of nitrogens with one attached hydrogen (secondary N) is 1. The van der Waals surface area contributed by atoms with Crippen molar-refractivity contribution in [3.05, 3.63) is 59.7 Å². The number of aryl methyl sites for hydroxylation is 1. The Morgan fingerprint density at radius 1 is 1.09 bits per heavy atom. The van der Waals surface area contributed by atoms with Crippen LogP contribution in [0.3, 0.4) is 0 Å². The van der Waals surface area contributed by atoms with Crippen LogP contribution in [0.1, 0.15) is 15.9 Å². The molecular formula is C17H15N3O2S. The van der Waals surface area contributed by atoms with Crippen LogP contribution in [0.5, 0.6) is 5.75 Å². The molecule has 0 unspecified atom stereocenters. The molecule has 0 saturated carbocycles. The molecule has 1 N–H and O–H groups in total. The van der Waals surface area contributed by atoms with Crippen LogP contribution in [-0.2, 0) is 0 Å². The predicted molar refractivity (Wildman–Crippen MR) is 91.0 cm³/mol. The lowest BCUT2D eigenvalue weighted by Crippen LogP contribution is -2.12. The highest BCUT2D eigenvalue weighted by atomic mass is 32.1. The van der Waals surface area contributed by atoms with E-state index in [-0.39, 0.29) is 5.91 Å². The molecule has 1 amide bonds. The summed E-state index contributed by atoms with van der Waals surface area (Å²) in [5, 5.41) is 12.2. The van der Waals surface area contributed by atoms with E-state index in [2.05, 4.69) is 15.5 Å². The monoisotopic (exact) mass is 325 g/mol. The van der Waals surface area contributed by atoms with Crippen molar-refractivity contribution in [2.75, 3.05) is 12.4 Å². The summed E-state index contributed by atoms with van der Waals surface area (Å²) in [6.45, 7) is 1.90. The molecule has 0 aliphatic heterocycles. The summed E-state index contributed by atoms with van der Waals surface area (Å²) in [5.41, 5.74) is 2.48. The van der Waals surface area contributed by atoms with Crippen molar-refractivity contribution in [2.45, 2.75) is 6.92 Å². The van der Waals surface area contributed by atoms with Crippen molar-refractivity contribution in [3.8, 4) is 16.3 Å². The molecule has 3 aromatic rings. The fourth-order valence-corrected chi connectivity index (χ4v) is 2.86. The van der Waals surface area contributed by atoms with Gasteiger partial charge in [0.1, 0.15) is 10.8 Å². The van der Waals surface area contributed by atoms with Gasteiger partial charge in [-0.1, -0.05) is 29.5 Å². The van der Waals surface area contributed by atoms with Crippen molar-refractivity contribution in [2.24, 2.45) is 0 Å². The van der Waals surface area contributed by atoms with Gasteiger partial charge in [-0.15, -0.1) is 10.2 Å². The number of methoxy groups -OCH3 is 1. The van der Waals surface area contributed by atoms with E-state index in [1.54, 1.807) is 13.2 Å². The number of rotatable bonds is 4. The largest absolute Gasteiger partial charge is 0.497 e. The van der Waals surface area contributed by atoms with Gasteiger partial charge in [0.15, 0.2) is 0 Å². The Kier molecular flexibility index (Phi) is 4.34. The molecule has 1 aromatic heterocycles. The third kappa shape index (κ3) is 3.37. The number of hydrogen-bond acceptors (Lipinski definition) is 5. The summed E-state index contributed by atoms with van der Waals surface area (Å²) < 4.78 is 5.13. The van der Waals surface area contributed by atoms with Gasteiger partial charge < -0.3 is 4.74 Å². The van der Waals surface area contributed by atoms with Gasteiger partial charge in [-0.25, -0.2) is 0 Å². The van der Waals surface area contributed by atoms with Gasteiger partial charge in [-0.2, -0.15) is 0 Å². The number of nitrogens with zero attached hydrogens (tertiary/aromatic N) is 2. The quantitative estimate of drug-likeness (QED) is 0.793. The summed E-state index contributed by atoms with van der Waals surface area (Å²) in [4.78, 5) is 12.3. The number of ether oxygens (including phenoxy) is 1. The van der Waals surface area contributed by atoms with E-state index in [9.17, 15) is 4.79 Å². The molecule has 116 valence electrons. The molecule has 0 fully saturated rings. The highest BCUT2D eigenvalue weighted by Crippen LogP contribution is 2.28. The SMILES string of the molecule is COc1ccc(-c2nnc(NC(=O)c3ccccc3C)s2)cc1. The fraction of sp³-hybridized carbons (Fsp3) is 0.118. The minimum atomic E-state index is -0.180. The van der Waals surface area contributed by atoms with Crippen molar-refractivity contribution < 1.29 is 9.53 Å². The topological polar surface area (TPSA) is 64.1 Å². The molecule has 0 aliphatic rings. The van der Waals surface area contributed by atoms with E-state index in [4.69, 9.17) is 4.74 Å². The number of carbonyl (C=O) groups is 1. The van der Waals surface area contributed by atoms with Gasteiger partial charge in [0.25, 0.3) is 5.91 Å². The highest BCUT2D eigenvalue weighted by Gasteiger charge is 2.12. The van der Waals surface area contributed by atoms with Crippen LogP contribution >= 0.6 is 11.3 Å². The fourth-order valence-electron chi connectivity index (χ4n) is 2.12. The smallest absolute Gasteiger partial charge is 0.257 e. The Balaban J connectivity index is 1.76. The van der Waals surface area contributed by atoms with Gasteiger partial charge in [0.2, 0.25) is 5.13 Å². The Hall–Kier alpha value is -2.73. The van der Waals surface area contributed by atoms with Crippen LogP contribution in [0.25, 0.3) is 10.6 Å². The molecule has 0 aliphatic carbocycles. The van der Waals surface area contributed by atoms with E-state index in [0.29, 0.717) is 10.7 Å². The highest BCUT2D eigenvalue weighted by molar-refractivity contribution is 7.18. The minimum Gasteiger partial charge on any atom is -0.497 e. The van der Waals surface area contributed by atoms with E-state index >= 15 is 0 Å². The lowest BCUT2D eigenvalue weighted by atomic mass is 10.1. The summed E-state index contributed by atoms with van der Waals surface area (Å²) in [7, 11) is 1.62. The maximum atomic E-state index is 12.3. The number of aromatic nitrogens is 2. The number of amides is 1. The lowest BCUT2D eigenvalue weighted by molar-refractivity contribution is 0.102. The molecule has 0 radical (unpaired) electrons. The standard InChI is InChI=1S/C17H15N3O2S/c1-11-5-3-4-6-14(11)15(21)18-17-20-19-16(23-17)12-7-9-13(22-2)10-8-12/h3-10H,1-2H3,(H,18,20,21). The second kappa shape index (κ2) is 6.58. The molecule has 0 atom stereocenters. The summed E-state index contributed by atoms with van der Waals surface area (Å²) in [6.07, 6.45) is 0. The van der Waals surface area contributed by atoms with E-state index in [1.165, 1.54) is 11.3 Å². The van der Waals surface area contributed by atoms with Gasteiger partial charge >= 0.3 is 0 Å².